The Morgan fingerprint density at radius 3 is 2.88 bits per heavy atom. The number of benzene rings is 1. The molecular formula is C12H11ClN2O2. The second-order valence-electron chi connectivity index (χ2n) is 3.53. The zero-order valence-corrected chi connectivity index (χ0v) is 10.2. The quantitative estimate of drug-likeness (QED) is 0.769. The van der Waals surface area contributed by atoms with Crippen molar-refractivity contribution in [3.8, 4) is 5.75 Å². The van der Waals surface area contributed by atoms with E-state index in [0.29, 0.717) is 11.3 Å². The minimum atomic E-state index is -0.311. The number of amides is 1. The molecule has 0 N–H and O–H groups in total. The van der Waals surface area contributed by atoms with Gasteiger partial charge in [-0.05, 0) is 12.1 Å². The van der Waals surface area contributed by atoms with E-state index in [1.807, 2.05) is 12.1 Å². The third-order valence-corrected chi connectivity index (χ3v) is 2.59. The summed E-state index contributed by atoms with van der Waals surface area (Å²) in [6.45, 7) is 0. The number of hydrogen-bond acceptors (Lipinski definition) is 3. The van der Waals surface area contributed by atoms with Crippen LogP contribution in [0.1, 0.15) is 10.4 Å². The maximum Gasteiger partial charge on any atom is 0.271 e. The highest BCUT2D eigenvalue weighted by Crippen LogP contribution is 2.25. The molecule has 0 aliphatic rings. The van der Waals surface area contributed by atoms with Crippen molar-refractivity contribution in [1.82, 2.24) is 9.40 Å². The Morgan fingerprint density at radius 1 is 1.47 bits per heavy atom. The van der Waals surface area contributed by atoms with E-state index >= 15 is 0 Å². The monoisotopic (exact) mass is 250 g/mol. The zero-order valence-electron chi connectivity index (χ0n) is 9.48. The lowest BCUT2D eigenvalue weighted by atomic mass is 10.1. The molecule has 88 valence electrons. The molecule has 17 heavy (non-hydrogen) atoms. The van der Waals surface area contributed by atoms with Gasteiger partial charge in [0.05, 0.1) is 18.2 Å². The van der Waals surface area contributed by atoms with E-state index in [1.165, 1.54) is 14.2 Å². The molecule has 1 amide bonds. The van der Waals surface area contributed by atoms with Crippen molar-refractivity contribution in [2.24, 2.45) is 0 Å². The summed E-state index contributed by atoms with van der Waals surface area (Å²) in [4.78, 5) is 16.1. The van der Waals surface area contributed by atoms with Gasteiger partial charge in [-0.25, -0.2) is 0 Å². The van der Waals surface area contributed by atoms with Crippen LogP contribution in [0.4, 0.5) is 0 Å². The van der Waals surface area contributed by atoms with Gasteiger partial charge in [-0.3, -0.25) is 14.2 Å². The van der Waals surface area contributed by atoms with E-state index in [1.54, 1.807) is 18.3 Å². The highest BCUT2D eigenvalue weighted by molar-refractivity contribution is 6.24. The van der Waals surface area contributed by atoms with Gasteiger partial charge in [0.2, 0.25) is 0 Å². The zero-order chi connectivity index (χ0) is 12.4. The lowest BCUT2D eigenvalue weighted by Gasteiger charge is -2.12. The number of rotatable bonds is 2. The number of carbonyl (C=O) groups is 1. The van der Waals surface area contributed by atoms with Crippen LogP contribution in [0.2, 0.25) is 0 Å². The Hall–Kier alpha value is -1.81. The number of halogens is 1. The summed E-state index contributed by atoms with van der Waals surface area (Å²) in [7, 11) is 2.99. The molecule has 4 nitrogen and oxygen atoms in total. The molecule has 0 atom stereocenters. The van der Waals surface area contributed by atoms with Crippen molar-refractivity contribution in [3.63, 3.8) is 0 Å². The average Bonchev–Trinajstić information content (AvgIpc) is 2.36. The minimum Gasteiger partial charge on any atom is -0.496 e. The smallest absolute Gasteiger partial charge is 0.271 e. The van der Waals surface area contributed by atoms with Crippen LogP contribution in [0.15, 0.2) is 30.5 Å². The molecule has 2 rings (SSSR count). The van der Waals surface area contributed by atoms with Crippen LogP contribution in [0.25, 0.3) is 10.9 Å². The van der Waals surface area contributed by atoms with E-state index < -0.39 is 0 Å². The maximum absolute atomic E-state index is 11.9. The van der Waals surface area contributed by atoms with Crippen molar-refractivity contribution in [1.29, 1.82) is 0 Å². The van der Waals surface area contributed by atoms with Gasteiger partial charge < -0.3 is 4.74 Å². The van der Waals surface area contributed by atoms with Crippen LogP contribution in [0.5, 0.6) is 5.75 Å². The predicted octanol–water partition coefficient (Wildman–Crippen LogP) is 2.47. The SMILES string of the molecule is COc1cc2ncccc2cc1C(=O)N(C)Cl. The second-order valence-corrected chi connectivity index (χ2v) is 4.04. The summed E-state index contributed by atoms with van der Waals surface area (Å²) < 4.78 is 6.18. The summed E-state index contributed by atoms with van der Waals surface area (Å²) in [5, 5.41) is 0.871. The lowest BCUT2D eigenvalue weighted by Crippen LogP contribution is -2.17. The van der Waals surface area contributed by atoms with E-state index in [-0.39, 0.29) is 5.91 Å². The number of fused-ring (bicyclic) bond motifs is 1. The highest BCUT2D eigenvalue weighted by Gasteiger charge is 2.16. The summed E-state index contributed by atoms with van der Waals surface area (Å²) in [6.07, 6.45) is 1.69. The van der Waals surface area contributed by atoms with Crippen molar-refractivity contribution in [2.45, 2.75) is 0 Å². The third-order valence-electron chi connectivity index (χ3n) is 2.43. The summed E-state index contributed by atoms with van der Waals surface area (Å²) in [6, 6.07) is 7.14. The molecule has 0 spiro atoms. The average molecular weight is 251 g/mol. The van der Waals surface area contributed by atoms with Gasteiger partial charge >= 0.3 is 0 Å². The standard InChI is InChI=1S/C12H11ClN2O2/c1-15(13)12(16)9-6-8-4-3-5-14-10(8)7-11(9)17-2/h3-7H,1-2H3. The summed E-state index contributed by atoms with van der Waals surface area (Å²) >= 11 is 5.66. The van der Waals surface area contributed by atoms with Crippen molar-refractivity contribution >= 4 is 28.6 Å². The molecule has 5 heteroatoms. The Balaban J connectivity index is 2.65. The van der Waals surface area contributed by atoms with Crippen molar-refractivity contribution in [3.05, 3.63) is 36.0 Å². The van der Waals surface area contributed by atoms with E-state index in [2.05, 4.69) is 4.98 Å². The van der Waals surface area contributed by atoms with Crippen LogP contribution >= 0.6 is 11.8 Å². The number of ether oxygens (including phenoxy) is 1. The number of pyridine rings is 1. The Kier molecular flexibility index (Phi) is 3.15. The molecular weight excluding hydrogens is 240 g/mol. The Bertz CT molecular complexity index is 569. The lowest BCUT2D eigenvalue weighted by molar-refractivity contribution is 0.0882. The molecule has 1 aromatic heterocycles. The maximum atomic E-state index is 11.9. The molecule has 2 aromatic rings. The molecule has 0 saturated heterocycles. The van der Waals surface area contributed by atoms with Gasteiger partial charge in [-0.1, -0.05) is 6.07 Å². The molecule has 1 heterocycles. The van der Waals surface area contributed by atoms with Crippen LogP contribution in [0, 0.1) is 0 Å². The van der Waals surface area contributed by atoms with Crippen molar-refractivity contribution in [2.75, 3.05) is 14.2 Å². The van der Waals surface area contributed by atoms with E-state index in [0.717, 1.165) is 15.3 Å². The fourth-order valence-corrected chi connectivity index (χ4v) is 1.69. The minimum absolute atomic E-state index is 0.311. The molecule has 0 saturated carbocycles. The Labute approximate surface area is 104 Å². The largest absolute Gasteiger partial charge is 0.496 e. The molecule has 0 radical (unpaired) electrons. The number of methoxy groups -OCH3 is 1. The molecule has 0 unspecified atom stereocenters. The molecule has 0 aliphatic carbocycles. The third kappa shape index (κ3) is 2.17. The first-order valence-electron chi connectivity index (χ1n) is 5.00. The number of hydrogen-bond donors (Lipinski definition) is 0. The van der Waals surface area contributed by atoms with Gasteiger partial charge in [0.1, 0.15) is 5.75 Å². The number of aromatic nitrogens is 1. The Morgan fingerprint density at radius 2 is 2.24 bits per heavy atom. The molecule has 0 aliphatic heterocycles. The predicted molar refractivity (Wildman–Crippen MR) is 66.2 cm³/mol. The van der Waals surface area contributed by atoms with Gasteiger partial charge in [0.25, 0.3) is 5.91 Å². The van der Waals surface area contributed by atoms with Gasteiger partial charge in [-0.2, -0.15) is 0 Å². The summed E-state index contributed by atoms with van der Waals surface area (Å²) in [5.74, 6) is 0.156. The fraction of sp³-hybridized carbons (Fsp3) is 0.167. The second kappa shape index (κ2) is 4.59. The fourth-order valence-electron chi connectivity index (χ4n) is 1.60. The molecule has 1 aromatic carbocycles. The van der Waals surface area contributed by atoms with Gasteiger partial charge in [0.15, 0.2) is 0 Å². The van der Waals surface area contributed by atoms with Crippen LogP contribution < -0.4 is 4.74 Å². The van der Waals surface area contributed by atoms with E-state index in [9.17, 15) is 4.79 Å². The normalized spacial score (nSPS) is 10.3. The van der Waals surface area contributed by atoms with E-state index in [4.69, 9.17) is 16.5 Å². The first-order valence-corrected chi connectivity index (χ1v) is 5.34. The first kappa shape index (κ1) is 11.7. The molecule has 0 fully saturated rings. The van der Waals surface area contributed by atoms with Crippen molar-refractivity contribution < 1.29 is 9.53 Å². The first-order chi connectivity index (χ1) is 8.13. The number of carbonyl (C=O) groups excluding carboxylic acids is 1. The van der Waals surface area contributed by atoms with Crippen LogP contribution in [0.3, 0.4) is 0 Å². The molecule has 0 bridgehead atoms. The number of nitrogens with zero attached hydrogens (tertiary/aromatic N) is 2. The van der Waals surface area contributed by atoms with Gasteiger partial charge in [-0.15, -0.1) is 0 Å². The van der Waals surface area contributed by atoms with Crippen LogP contribution in [-0.2, 0) is 0 Å². The van der Waals surface area contributed by atoms with Gasteiger partial charge in [0, 0.05) is 36.5 Å². The topological polar surface area (TPSA) is 42.4 Å². The summed E-state index contributed by atoms with van der Waals surface area (Å²) in [5.41, 5.74) is 1.20. The highest BCUT2D eigenvalue weighted by atomic mass is 35.5. The van der Waals surface area contributed by atoms with Crippen LogP contribution in [-0.4, -0.2) is 29.5 Å².